The number of amides is 1. The molecule has 0 saturated heterocycles. The number of rotatable bonds is 5. The highest BCUT2D eigenvalue weighted by Gasteiger charge is 2.16. The van der Waals surface area contributed by atoms with Gasteiger partial charge in [-0.05, 0) is 24.3 Å². The second kappa shape index (κ2) is 6.80. The zero-order valence-corrected chi connectivity index (χ0v) is 13.9. The van der Waals surface area contributed by atoms with E-state index < -0.39 is 10.0 Å². The maximum atomic E-state index is 12.3. The monoisotopic (exact) mass is 355 g/mol. The highest BCUT2D eigenvalue weighted by atomic mass is 35.5. The van der Waals surface area contributed by atoms with Gasteiger partial charge in [0, 0.05) is 25.7 Å². The minimum atomic E-state index is -3.84. The van der Waals surface area contributed by atoms with Crippen molar-refractivity contribution in [2.75, 3.05) is 22.4 Å². The second-order valence-corrected chi connectivity index (χ2v) is 6.53. The van der Waals surface area contributed by atoms with E-state index in [0.29, 0.717) is 5.69 Å². The summed E-state index contributed by atoms with van der Waals surface area (Å²) >= 11 is 5.81. The quantitative estimate of drug-likeness (QED) is 0.706. The number of halogens is 1. The molecule has 1 amide bonds. The average molecular weight is 356 g/mol. The predicted molar refractivity (Wildman–Crippen MR) is 88.1 cm³/mol. The summed E-state index contributed by atoms with van der Waals surface area (Å²) in [4.78, 5) is 18.8. The fraction of sp³-hybridized carbons (Fsp3) is 0.154. The van der Waals surface area contributed by atoms with Crippen LogP contribution in [0.5, 0.6) is 0 Å². The molecule has 0 spiro atoms. The molecule has 0 atom stereocenters. The minimum Gasteiger partial charge on any atom is -0.357 e. The lowest BCUT2D eigenvalue weighted by molar-refractivity contribution is -0.114. The molecule has 0 aliphatic carbocycles. The Balaban J connectivity index is 2.25. The molecular weight excluding hydrogens is 342 g/mol. The fourth-order valence-corrected chi connectivity index (χ4v) is 2.87. The molecule has 10 heteroatoms. The van der Waals surface area contributed by atoms with Crippen molar-refractivity contribution in [1.29, 1.82) is 0 Å². The van der Waals surface area contributed by atoms with Gasteiger partial charge in [0.2, 0.25) is 11.9 Å². The number of sulfonamides is 1. The molecule has 0 radical (unpaired) electrons. The first-order chi connectivity index (χ1) is 10.8. The minimum absolute atomic E-state index is 0.0207. The van der Waals surface area contributed by atoms with Crippen molar-refractivity contribution in [2.24, 2.45) is 0 Å². The molecular formula is C13H14ClN5O3S. The summed E-state index contributed by atoms with van der Waals surface area (Å²) in [6.45, 7) is 1.37. The largest absolute Gasteiger partial charge is 0.357 e. The zero-order valence-electron chi connectivity index (χ0n) is 12.3. The molecule has 0 fully saturated rings. The Morgan fingerprint density at radius 1 is 1.17 bits per heavy atom. The van der Waals surface area contributed by atoms with E-state index in [0.717, 1.165) is 0 Å². The van der Waals surface area contributed by atoms with Crippen molar-refractivity contribution in [3.05, 3.63) is 35.5 Å². The molecule has 0 bridgehead atoms. The maximum absolute atomic E-state index is 12.3. The van der Waals surface area contributed by atoms with E-state index in [2.05, 4.69) is 25.3 Å². The standard InChI is InChI=1S/C13H14ClN5O3S/c1-8(20)16-9-3-5-10(6-4-9)23(21,22)19-12-7-11(14)17-13(15-2)18-12/h3-7H,1-2H3,(H,16,20)(H2,15,17,18,19). The van der Waals surface area contributed by atoms with Crippen molar-refractivity contribution in [3.63, 3.8) is 0 Å². The zero-order chi connectivity index (χ0) is 17.0. The van der Waals surface area contributed by atoms with Crippen molar-refractivity contribution < 1.29 is 13.2 Å². The third-order valence-electron chi connectivity index (χ3n) is 2.64. The first-order valence-corrected chi connectivity index (χ1v) is 8.29. The predicted octanol–water partition coefficient (Wildman–Crippen LogP) is 1.93. The van der Waals surface area contributed by atoms with E-state index >= 15 is 0 Å². The van der Waals surface area contributed by atoms with Gasteiger partial charge in [0.05, 0.1) is 4.90 Å². The van der Waals surface area contributed by atoms with Crippen molar-refractivity contribution >= 4 is 45.0 Å². The van der Waals surface area contributed by atoms with Gasteiger partial charge < -0.3 is 10.6 Å². The Morgan fingerprint density at radius 2 is 1.83 bits per heavy atom. The third kappa shape index (κ3) is 4.54. The van der Waals surface area contributed by atoms with Crippen LogP contribution in [0.2, 0.25) is 5.15 Å². The second-order valence-electron chi connectivity index (χ2n) is 4.46. The number of aromatic nitrogens is 2. The van der Waals surface area contributed by atoms with Crippen LogP contribution in [-0.4, -0.2) is 31.3 Å². The van der Waals surface area contributed by atoms with Gasteiger partial charge in [-0.3, -0.25) is 9.52 Å². The van der Waals surface area contributed by atoms with Crippen LogP contribution in [0.25, 0.3) is 0 Å². The number of anilines is 3. The first kappa shape index (κ1) is 17.0. The van der Waals surface area contributed by atoms with Gasteiger partial charge in [-0.15, -0.1) is 0 Å². The van der Waals surface area contributed by atoms with Gasteiger partial charge >= 0.3 is 0 Å². The summed E-state index contributed by atoms with van der Waals surface area (Å²) in [5, 5.41) is 5.33. The number of hydrogen-bond acceptors (Lipinski definition) is 6. The number of nitrogens with zero attached hydrogens (tertiary/aromatic N) is 2. The fourth-order valence-electron chi connectivity index (χ4n) is 1.70. The summed E-state index contributed by atoms with van der Waals surface area (Å²) < 4.78 is 27.0. The maximum Gasteiger partial charge on any atom is 0.263 e. The summed E-state index contributed by atoms with van der Waals surface area (Å²) in [6.07, 6.45) is 0. The molecule has 0 saturated carbocycles. The number of benzene rings is 1. The van der Waals surface area contributed by atoms with E-state index in [1.54, 1.807) is 7.05 Å². The van der Waals surface area contributed by atoms with Crippen molar-refractivity contribution in [1.82, 2.24) is 9.97 Å². The molecule has 0 aliphatic rings. The molecule has 1 aromatic carbocycles. The summed E-state index contributed by atoms with van der Waals surface area (Å²) in [5.41, 5.74) is 0.499. The van der Waals surface area contributed by atoms with Crippen LogP contribution in [0.3, 0.4) is 0 Å². The lowest BCUT2D eigenvalue weighted by atomic mass is 10.3. The van der Waals surface area contributed by atoms with Gasteiger partial charge in [-0.2, -0.15) is 4.98 Å². The summed E-state index contributed by atoms with van der Waals surface area (Å²) in [5.74, 6) is -0.00884. The van der Waals surface area contributed by atoms with Gasteiger partial charge in [0.15, 0.2) is 0 Å². The topological polar surface area (TPSA) is 113 Å². The molecule has 0 unspecified atom stereocenters. The normalized spacial score (nSPS) is 10.9. The van der Waals surface area contributed by atoms with Crippen LogP contribution >= 0.6 is 11.6 Å². The Hall–Kier alpha value is -2.39. The van der Waals surface area contributed by atoms with Crippen LogP contribution in [-0.2, 0) is 14.8 Å². The third-order valence-corrected chi connectivity index (χ3v) is 4.21. The smallest absolute Gasteiger partial charge is 0.263 e. The highest BCUT2D eigenvalue weighted by Crippen LogP contribution is 2.20. The van der Waals surface area contributed by atoms with E-state index in [1.807, 2.05) is 0 Å². The van der Waals surface area contributed by atoms with E-state index in [4.69, 9.17) is 11.6 Å². The molecule has 23 heavy (non-hydrogen) atoms. The SMILES string of the molecule is CNc1nc(Cl)cc(NS(=O)(=O)c2ccc(NC(C)=O)cc2)n1. The molecule has 122 valence electrons. The highest BCUT2D eigenvalue weighted by molar-refractivity contribution is 7.92. The Bertz CT molecular complexity index is 824. The van der Waals surface area contributed by atoms with Crippen LogP contribution in [0.4, 0.5) is 17.5 Å². The van der Waals surface area contributed by atoms with E-state index in [1.165, 1.54) is 37.3 Å². The van der Waals surface area contributed by atoms with Gasteiger partial charge in [0.25, 0.3) is 10.0 Å². The number of carbonyl (C=O) groups is 1. The van der Waals surface area contributed by atoms with Gasteiger partial charge in [0.1, 0.15) is 11.0 Å². The van der Waals surface area contributed by atoms with Gasteiger partial charge in [-0.25, -0.2) is 13.4 Å². The molecule has 2 rings (SSSR count). The van der Waals surface area contributed by atoms with Crippen LogP contribution in [0, 0.1) is 0 Å². The van der Waals surface area contributed by atoms with Crippen molar-refractivity contribution in [2.45, 2.75) is 11.8 Å². The molecule has 1 aromatic heterocycles. The molecule has 1 heterocycles. The molecule has 0 aliphatic heterocycles. The Labute approximate surface area is 138 Å². The van der Waals surface area contributed by atoms with Crippen LogP contribution in [0.1, 0.15) is 6.92 Å². The molecule has 3 N–H and O–H groups in total. The van der Waals surface area contributed by atoms with Crippen molar-refractivity contribution in [3.8, 4) is 0 Å². The van der Waals surface area contributed by atoms with E-state index in [-0.39, 0.29) is 27.7 Å². The summed E-state index contributed by atoms with van der Waals surface area (Å²) in [6, 6.07) is 7.01. The molecule has 2 aromatic rings. The number of nitrogens with one attached hydrogen (secondary N) is 3. The average Bonchev–Trinajstić information content (AvgIpc) is 2.46. The summed E-state index contributed by atoms with van der Waals surface area (Å²) in [7, 11) is -2.25. The molecule has 8 nitrogen and oxygen atoms in total. The lowest BCUT2D eigenvalue weighted by Gasteiger charge is -2.09. The van der Waals surface area contributed by atoms with Gasteiger partial charge in [-0.1, -0.05) is 11.6 Å². The van der Waals surface area contributed by atoms with E-state index in [9.17, 15) is 13.2 Å². The Morgan fingerprint density at radius 3 is 2.39 bits per heavy atom. The number of hydrogen-bond donors (Lipinski definition) is 3. The lowest BCUT2D eigenvalue weighted by Crippen LogP contribution is -2.15. The first-order valence-electron chi connectivity index (χ1n) is 6.43. The Kier molecular flexibility index (Phi) is 5.02. The van der Waals surface area contributed by atoms with Crippen LogP contribution < -0.4 is 15.4 Å². The number of carbonyl (C=O) groups excluding carboxylic acids is 1. The van der Waals surface area contributed by atoms with Crippen LogP contribution in [0.15, 0.2) is 35.2 Å².